The summed E-state index contributed by atoms with van der Waals surface area (Å²) in [7, 11) is -0.354. The van der Waals surface area contributed by atoms with E-state index in [9.17, 15) is 9.36 Å². The van der Waals surface area contributed by atoms with Crippen LogP contribution in [0.5, 0.6) is 0 Å². The number of hydrogen-bond donors (Lipinski definition) is 0. The summed E-state index contributed by atoms with van der Waals surface area (Å²) in [5.74, 6) is 0. The topological polar surface area (TPSA) is 43.4 Å². The van der Waals surface area contributed by atoms with Gasteiger partial charge in [0.25, 0.3) is 0 Å². The van der Waals surface area contributed by atoms with Crippen LogP contribution in [0.3, 0.4) is 0 Å². The lowest BCUT2D eigenvalue weighted by Gasteiger charge is -1.80. The van der Waals surface area contributed by atoms with Crippen molar-refractivity contribution in [3.63, 3.8) is 0 Å². The molecule has 0 rings (SSSR count). The summed E-state index contributed by atoms with van der Waals surface area (Å²) in [5, 5.41) is 0. The maximum atomic E-state index is 9.49. The van der Waals surface area contributed by atoms with Crippen molar-refractivity contribution >= 4 is 15.0 Å². The third kappa shape index (κ3) is 5.73. The monoisotopic (exact) mass is 120 g/mol. The fraction of sp³-hybridized carbons (Fsp3) is 0.667. The van der Waals surface area contributed by atoms with E-state index in [0.29, 0.717) is 12.7 Å². The van der Waals surface area contributed by atoms with Crippen LogP contribution in [0.1, 0.15) is 6.42 Å². The normalized spacial score (nSPS) is 9.14. The Kier molecular flexibility index (Phi) is 5.51. The van der Waals surface area contributed by atoms with Crippen molar-refractivity contribution in [3.8, 4) is 0 Å². The molecule has 7 heavy (non-hydrogen) atoms. The van der Waals surface area contributed by atoms with E-state index in [-0.39, 0.29) is 15.3 Å². The van der Waals surface area contributed by atoms with E-state index in [1.165, 1.54) is 0 Å². The first kappa shape index (κ1) is 6.73. The minimum atomic E-state index is -0.354. The molecule has 0 aliphatic rings. The first-order chi connectivity index (χ1) is 3.41. The minimum absolute atomic E-state index is 0.245. The molecule has 0 N–H and O–H groups in total. The molecule has 0 spiro atoms. The highest BCUT2D eigenvalue weighted by molar-refractivity contribution is 7.17. The molecule has 0 amide bonds. The Morgan fingerprint density at radius 3 is 2.86 bits per heavy atom. The molecule has 0 aromatic rings. The van der Waals surface area contributed by atoms with Crippen LogP contribution in [0.4, 0.5) is 0 Å². The number of hydrogen-bond acceptors (Lipinski definition) is 3. The lowest BCUT2D eigenvalue weighted by atomic mass is 10.5. The van der Waals surface area contributed by atoms with Crippen molar-refractivity contribution in [1.29, 1.82) is 0 Å². The standard InChI is InChI=1S/C3H5O3P/c4-2-1-3-6-7-5/h2H,1,3H2. The van der Waals surface area contributed by atoms with Gasteiger partial charge in [0, 0.05) is 6.42 Å². The van der Waals surface area contributed by atoms with E-state index in [2.05, 4.69) is 4.52 Å². The van der Waals surface area contributed by atoms with Gasteiger partial charge in [0.05, 0.1) is 6.61 Å². The van der Waals surface area contributed by atoms with Gasteiger partial charge in [-0.15, -0.1) is 0 Å². The van der Waals surface area contributed by atoms with Crippen molar-refractivity contribution in [1.82, 2.24) is 0 Å². The van der Waals surface area contributed by atoms with E-state index in [1.54, 1.807) is 0 Å². The Bertz CT molecular complexity index is 55.2. The Balaban J connectivity index is 2.68. The van der Waals surface area contributed by atoms with Crippen molar-refractivity contribution in [2.24, 2.45) is 0 Å². The molecule has 4 heteroatoms. The minimum Gasteiger partial charge on any atom is -0.303 e. The van der Waals surface area contributed by atoms with Gasteiger partial charge in [0.15, 0.2) is 0 Å². The molecule has 0 unspecified atom stereocenters. The average molecular weight is 120 g/mol. The lowest BCUT2D eigenvalue weighted by Crippen LogP contribution is -1.82. The van der Waals surface area contributed by atoms with Gasteiger partial charge in [-0.3, -0.25) is 4.52 Å². The molecule has 0 fully saturated rings. The molecule has 0 aliphatic heterocycles. The SMILES string of the molecule is O=CCCOP=O. The van der Waals surface area contributed by atoms with Crippen LogP contribution in [0.2, 0.25) is 0 Å². The van der Waals surface area contributed by atoms with Gasteiger partial charge < -0.3 is 4.79 Å². The van der Waals surface area contributed by atoms with Crippen LogP contribution in [-0.2, 0) is 13.9 Å². The summed E-state index contributed by atoms with van der Waals surface area (Å²) in [6, 6.07) is 0. The highest BCUT2D eigenvalue weighted by Gasteiger charge is 1.80. The Labute approximate surface area is 43.0 Å². The van der Waals surface area contributed by atoms with Crippen LogP contribution < -0.4 is 0 Å². The zero-order valence-electron chi connectivity index (χ0n) is 3.66. The lowest BCUT2D eigenvalue weighted by molar-refractivity contribution is -0.108. The summed E-state index contributed by atoms with van der Waals surface area (Å²) in [6.07, 6.45) is 1.03. The largest absolute Gasteiger partial charge is 0.327 e. The van der Waals surface area contributed by atoms with Gasteiger partial charge >= 0.3 is 8.69 Å². The van der Waals surface area contributed by atoms with E-state index in [1.807, 2.05) is 0 Å². The van der Waals surface area contributed by atoms with Crippen molar-refractivity contribution in [2.75, 3.05) is 6.61 Å². The Morgan fingerprint density at radius 2 is 2.43 bits per heavy atom. The summed E-state index contributed by atoms with van der Waals surface area (Å²) in [4.78, 5) is 9.49. The average Bonchev–Trinajstić information content (AvgIpc) is 1.69. The highest BCUT2D eigenvalue weighted by Crippen LogP contribution is 1.92. The van der Waals surface area contributed by atoms with Crippen LogP contribution in [-0.4, -0.2) is 12.9 Å². The zero-order valence-corrected chi connectivity index (χ0v) is 4.56. The predicted octanol–water partition coefficient (Wildman–Crippen LogP) is 0.799. The van der Waals surface area contributed by atoms with E-state index >= 15 is 0 Å². The number of aldehydes is 1. The molecule has 0 radical (unpaired) electrons. The number of rotatable bonds is 4. The highest BCUT2D eigenvalue weighted by atomic mass is 31.1. The van der Waals surface area contributed by atoms with E-state index < -0.39 is 0 Å². The van der Waals surface area contributed by atoms with E-state index in [4.69, 9.17) is 0 Å². The molecule has 0 aromatic carbocycles. The molecule has 0 aromatic heterocycles. The molecule has 0 saturated heterocycles. The molecule has 0 bridgehead atoms. The second-order valence-corrected chi connectivity index (χ2v) is 1.27. The van der Waals surface area contributed by atoms with Gasteiger partial charge in [0.2, 0.25) is 0 Å². The van der Waals surface area contributed by atoms with Gasteiger partial charge in [-0.2, -0.15) is 0 Å². The third-order valence-corrected chi connectivity index (χ3v) is 0.668. The van der Waals surface area contributed by atoms with Gasteiger partial charge in [0.1, 0.15) is 6.29 Å². The smallest absolute Gasteiger partial charge is 0.303 e. The van der Waals surface area contributed by atoms with Crippen molar-refractivity contribution < 1.29 is 13.9 Å². The fourth-order valence-electron chi connectivity index (χ4n) is 0.138. The molecule has 40 valence electrons. The van der Waals surface area contributed by atoms with Crippen LogP contribution in [0.15, 0.2) is 0 Å². The number of carbonyl (C=O) groups excluding carboxylic acids is 1. The summed E-state index contributed by atoms with van der Waals surface area (Å²) in [6.45, 7) is 0.245. The fourth-order valence-corrected chi connectivity index (χ4v) is 0.318. The summed E-state index contributed by atoms with van der Waals surface area (Å²) >= 11 is 0. The van der Waals surface area contributed by atoms with Gasteiger partial charge in [-0.05, 0) is 0 Å². The van der Waals surface area contributed by atoms with E-state index in [0.717, 1.165) is 0 Å². The van der Waals surface area contributed by atoms with Gasteiger partial charge in [-0.1, -0.05) is 0 Å². The molecule has 0 atom stereocenters. The van der Waals surface area contributed by atoms with Crippen molar-refractivity contribution in [2.45, 2.75) is 6.42 Å². The zero-order chi connectivity index (χ0) is 5.54. The Hall–Kier alpha value is -0.270. The first-order valence-corrected chi connectivity index (χ1v) is 2.53. The second kappa shape index (κ2) is 5.73. The predicted molar refractivity (Wildman–Crippen MR) is 24.2 cm³/mol. The molecule has 0 heterocycles. The number of carbonyl (C=O) groups is 1. The summed E-state index contributed by atoms with van der Waals surface area (Å²) < 4.78 is 13.7. The molecule has 0 saturated carbocycles. The van der Waals surface area contributed by atoms with Gasteiger partial charge in [-0.25, -0.2) is 4.57 Å². The van der Waals surface area contributed by atoms with Crippen molar-refractivity contribution in [3.05, 3.63) is 0 Å². The Morgan fingerprint density at radius 1 is 1.71 bits per heavy atom. The summed E-state index contributed by atoms with van der Waals surface area (Å²) in [5.41, 5.74) is 0. The first-order valence-electron chi connectivity index (χ1n) is 1.80. The molecular weight excluding hydrogens is 115 g/mol. The molecular formula is C3H5O3P. The third-order valence-electron chi connectivity index (χ3n) is 0.380. The molecule has 0 aliphatic carbocycles. The maximum absolute atomic E-state index is 9.49. The second-order valence-electron chi connectivity index (χ2n) is 0.863. The van der Waals surface area contributed by atoms with Crippen LogP contribution in [0, 0.1) is 0 Å². The van der Waals surface area contributed by atoms with Crippen LogP contribution in [0.25, 0.3) is 0 Å². The quantitative estimate of drug-likeness (QED) is 0.313. The maximum Gasteiger partial charge on any atom is 0.327 e. The molecule has 3 nitrogen and oxygen atoms in total. The van der Waals surface area contributed by atoms with Crippen LogP contribution >= 0.6 is 8.69 Å².